The summed E-state index contributed by atoms with van der Waals surface area (Å²) in [5.41, 5.74) is 0.340. The summed E-state index contributed by atoms with van der Waals surface area (Å²) >= 11 is 3.38. The van der Waals surface area contributed by atoms with Gasteiger partial charge in [-0.1, -0.05) is 34.1 Å². The molecule has 0 radical (unpaired) electrons. The van der Waals surface area contributed by atoms with E-state index >= 15 is 0 Å². The number of hydrogen-bond acceptors (Lipinski definition) is 3. The second-order valence-electron chi connectivity index (χ2n) is 5.16. The normalized spacial score (nSPS) is 11.4. The maximum atomic E-state index is 11.6. The van der Waals surface area contributed by atoms with Crippen LogP contribution < -0.4 is 5.32 Å². The number of rotatable bonds is 4. The number of ether oxygens (including phenoxy) is 1. The van der Waals surface area contributed by atoms with Crippen LogP contribution in [0.3, 0.4) is 0 Å². The van der Waals surface area contributed by atoms with Gasteiger partial charge in [0.25, 0.3) is 0 Å². The Balaban J connectivity index is 2.45. The fourth-order valence-corrected chi connectivity index (χ4v) is 1.79. The molecular weight excluding hydrogens is 322 g/mol. The lowest BCUT2D eigenvalue weighted by Gasteiger charge is -2.19. The van der Waals surface area contributed by atoms with Crippen LogP contribution in [0.25, 0.3) is 6.08 Å². The topological polar surface area (TPSA) is 55.4 Å². The summed E-state index contributed by atoms with van der Waals surface area (Å²) < 4.78 is 5.98. The van der Waals surface area contributed by atoms with Crippen molar-refractivity contribution in [3.05, 3.63) is 40.4 Å². The van der Waals surface area contributed by atoms with Crippen LogP contribution in [-0.4, -0.2) is 24.0 Å². The maximum absolute atomic E-state index is 11.6. The summed E-state index contributed by atoms with van der Waals surface area (Å²) in [4.78, 5) is 23.0. The highest BCUT2D eigenvalue weighted by atomic mass is 79.9. The van der Waals surface area contributed by atoms with Gasteiger partial charge in [0.1, 0.15) is 12.1 Å². The molecule has 0 aliphatic carbocycles. The fraction of sp³-hybridized carbons (Fsp3) is 0.333. The molecule has 0 aliphatic heterocycles. The molecule has 1 N–H and O–H groups in total. The fourth-order valence-electron chi connectivity index (χ4n) is 1.37. The van der Waals surface area contributed by atoms with Gasteiger partial charge in [0, 0.05) is 10.5 Å². The van der Waals surface area contributed by atoms with Gasteiger partial charge in [-0.05, 0) is 38.5 Å². The Bertz CT molecular complexity index is 518. The molecule has 0 unspecified atom stereocenters. The number of amides is 1. The van der Waals surface area contributed by atoms with Crippen molar-refractivity contribution in [2.75, 3.05) is 6.54 Å². The molecule has 0 saturated carbocycles. The second-order valence-corrected chi connectivity index (χ2v) is 6.01. The van der Waals surface area contributed by atoms with E-state index in [2.05, 4.69) is 21.2 Å². The molecule has 1 aromatic carbocycles. The number of halogens is 1. The first-order valence-corrected chi connectivity index (χ1v) is 6.99. The summed E-state index contributed by atoms with van der Waals surface area (Å²) in [5, 5.41) is 2.48. The quantitative estimate of drug-likeness (QED) is 0.677. The lowest BCUT2D eigenvalue weighted by molar-refractivity contribution is -0.154. The Hall–Kier alpha value is -1.62. The van der Waals surface area contributed by atoms with Gasteiger partial charge in [-0.25, -0.2) is 0 Å². The van der Waals surface area contributed by atoms with Gasteiger partial charge in [-0.15, -0.1) is 0 Å². The summed E-state index contributed by atoms with van der Waals surface area (Å²) in [6.45, 7) is 5.19. The van der Waals surface area contributed by atoms with E-state index in [1.54, 1.807) is 26.8 Å². The van der Waals surface area contributed by atoms with Crippen LogP contribution in [0.1, 0.15) is 26.3 Å². The minimum Gasteiger partial charge on any atom is -0.459 e. The molecule has 4 nitrogen and oxygen atoms in total. The van der Waals surface area contributed by atoms with E-state index in [9.17, 15) is 9.59 Å². The Kier molecular flexibility index (Phi) is 5.95. The van der Waals surface area contributed by atoms with Gasteiger partial charge in [-0.2, -0.15) is 0 Å². The molecule has 0 aromatic heterocycles. The molecule has 0 aliphatic rings. The van der Waals surface area contributed by atoms with Gasteiger partial charge >= 0.3 is 5.97 Å². The van der Waals surface area contributed by atoms with Crippen molar-refractivity contribution in [1.82, 2.24) is 5.32 Å². The van der Waals surface area contributed by atoms with Crippen LogP contribution in [0.2, 0.25) is 0 Å². The van der Waals surface area contributed by atoms with E-state index in [1.807, 2.05) is 24.3 Å². The van der Waals surface area contributed by atoms with Crippen molar-refractivity contribution >= 4 is 33.9 Å². The zero-order chi connectivity index (χ0) is 15.2. The predicted molar refractivity (Wildman–Crippen MR) is 82.0 cm³/mol. The number of carbonyl (C=O) groups is 2. The smallest absolute Gasteiger partial charge is 0.325 e. The first kappa shape index (κ1) is 16.4. The first-order chi connectivity index (χ1) is 9.28. The van der Waals surface area contributed by atoms with Crippen LogP contribution in [0, 0.1) is 0 Å². The van der Waals surface area contributed by atoms with E-state index < -0.39 is 11.6 Å². The zero-order valence-electron chi connectivity index (χ0n) is 11.8. The molecule has 0 heterocycles. The minimum absolute atomic E-state index is 0.142. The largest absolute Gasteiger partial charge is 0.459 e. The lowest BCUT2D eigenvalue weighted by Crippen LogP contribution is -2.33. The highest BCUT2D eigenvalue weighted by Crippen LogP contribution is 2.16. The molecule has 1 amide bonds. The Morgan fingerprint density at radius 2 is 1.95 bits per heavy atom. The van der Waals surface area contributed by atoms with Crippen molar-refractivity contribution in [2.24, 2.45) is 0 Å². The third-order valence-corrected chi connectivity index (χ3v) is 2.87. The number of esters is 1. The summed E-state index contributed by atoms with van der Waals surface area (Å²) in [6.07, 6.45) is 3.05. The van der Waals surface area contributed by atoms with Crippen LogP contribution >= 0.6 is 15.9 Å². The molecule has 0 fully saturated rings. The molecule has 0 saturated heterocycles. The monoisotopic (exact) mass is 339 g/mol. The van der Waals surface area contributed by atoms with Crippen molar-refractivity contribution in [3.63, 3.8) is 0 Å². The first-order valence-electron chi connectivity index (χ1n) is 6.20. The molecule has 0 spiro atoms. The van der Waals surface area contributed by atoms with E-state index in [0.717, 1.165) is 10.0 Å². The van der Waals surface area contributed by atoms with Crippen molar-refractivity contribution in [2.45, 2.75) is 26.4 Å². The lowest BCUT2D eigenvalue weighted by atomic mass is 10.2. The van der Waals surface area contributed by atoms with Crippen molar-refractivity contribution in [1.29, 1.82) is 0 Å². The van der Waals surface area contributed by atoms with Crippen molar-refractivity contribution < 1.29 is 14.3 Å². The third kappa shape index (κ3) is 6.52. The molecule has 0 bridgehead atoms. The van der Waals surface area contributed by atoms with E-state index in [4.69, 9.17) is 4.74 Å². The summed E-state index contributed by atoms with van der Waals surface area (Å²) in [5.74, 6) is -0.799. The standard InChI is InChI=1S/C15H18BrNO3/c1-15(2,3)20-14(19)10-17-13(18)9-8-11-6-4-5-7-12(11)16/h4-9H,10H2,1-3H3,(H,17,18)/b9-8+. The number of benzene rings is 1. The highest BCUT2D eigenvalue weighted by molar-refractivity contribution is 9.10. The van der Waals surface area contributed by atoms with Crippen LogP contribution in [0.5, 0.6) is 0 Å². The molecule has 5 heteroatoms. The molecular formula is C15H18BrNO3. The van der Waals surface area contributed by atoms with Gasteiger partial charge in [-0.3, -0.25) is 9.59 Å². The Morgan fingerprint density at radius 3 is 2.55 bits per heavy atom. The van der Waals surface area contributed by atoms with Gasteiger partial charge < -0.3 is 10.1 Å². The Morgan fingerprint density at radius 1 is 1.30 bits per heavy atom. The van der Waals surface area contributed by atoms with E-state index in [1.165, 1.54) is 6.08 Å². The Labute approximate surface area is 127 Å². The SMILES string of the molecule is CC(C)(C)OC(=O)CNC(=O)/C=C/c1ccccc1Br. The van der Waals surface area contributed by atoms with E-state index in [0.29, 0.717) is 0 Å². The summed E-state index contributed by atoms with van der Waals surface area (Å²) in [6, 6.07) is 7.53. The maximum Gasteiger partial charge on any atom is 0.325 e. The minimum atomic E-state index is -0.549. The van der Waals surface area contributed by atoms with Gasteiger partial charge in [0.05, 0.1) is 0 Å². The molecule has 0 atom stereocenters. The average molecular weight is 340 g/mol. The van der Waals surface area contributed by atoms with Crippen LogP contribution in [0.4, 0.5) is 0 Å². The predicted octanol–water partition coefficient (Wildman–Crippen LogP) is 2.92. The molecule has 20 heavy (non-hydrogen) atoms. The molecule has 108 valence electrons. The number of hydrogen-bond donors (Lipinski definition) is 1. The highest BCUT2D eigenvalue weighted by Gasteiger charge is 2.16. The number of nitrogens with one attached hydrogen (secondary N) is 1. The average Bonchev–Trinajstić information content (AvgIpc) is 2.33. The van der Waals surface area contributed by atoms with Crippen LogP contribution in [-0.2, 0) is 14.3 Å². The number of carbonyl (C=O) groups excluding carboxylic acids is 2. The van der Waals surface area contributed by atoms with Crippen molar-refractivity contribution in [3.8, 4) is 0 Å². The molecule has 1 rings (SSSR count). The second kappa shape index (κ2) is 7.24. The summed E-state index contributed by atoms with van der Waals surface area (Å²) in [7, 11) is 0. The zero-order valence-corrected chi connectivity index (χ0v) is 13.4. The van der Waals surface area contributed by atoms with Crippen LogP contribution in [0.15, 0.2) is 34.8 Å². The third-order valence-electron chi connectivity index (χ3n) is 2.15. The van der Waals surface area contributed by atoms with Gasteiger partial charge in [0.15, 0.2) is 0 Å². The molecule has 1 aromatic rings. The van der Waals surface area contributed by atoms with E-state index in [-0.39, 0.29) is 12.5 Å². The van der Waals surface area contributed by atoms with Gasteiger partial charge in [0.2, 0.25) is 5.91 Å².